The molecule has 192 valence electrons. The highest BCUT2D eigenvalue weighted by atomic mass is 16.1. The Balaban J connectivity index is 1.14. The maximum Gasteiger partial charge on any atom is 0.143 e. The topological polar surface area (TPSA) is 85.7 Å². The second-order valence-electron chi connectivity index (χ2n) is 10.2. The SMILES string of the molecule is O=C(Cc1ccccc1)Cc1ccc([C@H]2CCC[C@H](c3ccc(CC(=O)Cc4ccccc4)nn3)C2)nn1. The van der Waals surface area contributed by atoms with Crippen molar-refractivity contribution in [3.05, 3.63) is 119 Å². The summed E-state index contributed by atoms with van der Waals surface area (Å²) in [5, 5.41) is 17.7. The van der Waals surface area contributed by atoms with E-state index in [4.69, 9.17) is 0 Å². The van der Waals surface area contributed by atoms with Crippen molar-refractivity contribution < 1.29 is 9.59 Å². The molecule has 4 aromatic rings. The summed E-state index contributed by atoms with van der Waals surface area (Å²) in [6.07, 6.45) is 5.59. The number of carbonyl (C=O) groups excluding carboxylic acids is 2. The number of nitrogens with zero attached hydrogens (tertiary/aromatic N) is 4. The van der Waals surface area contributed by atoms with E-state index in [1.807, 2.05) is 84.9 Å². The lowest BCUT2D eigenvalue weighted by Crippen LogP contribution is -2.17. The fourth-order valence-electron chi connectivity index (χ4n) is 5.27. The molecule has 2 heterocycles. The summed E-state index contributed by atoms with van der Waals surface area (Å²) in [5.74, 6) is 0.896. The molecule has 0 aliphatic heterocycles. The van der Waals surface area contributed by atoms with Gasteiger partial charge in [0.15, 0.2) is 0 Å². The predicted molar refractivity (Wildman–Crippen MR) is 146 cm³/mol. The molecule has 1 aliphatic rings. The van der Waals surface area contributed by atoms with Crippen LogP contribution in [0.4, 0.5) is 0 Å². The fraction of sp³-hybridized carbons (Fsp3) is 0.312. The summed E-state index contributed by atoms with van der Waals surface area (Å²) in [6.45, 7) is 0. The molecular weight excluding hydrogens is 472 g/mol. The number of hydrogen-bond acceptors (Lipinski definition) is 6. The second kappa shape index (κ2) is 12.5. The molecule has 0 N–H and O–H groups in total. The van der Waals surface area contributed by atoms with Gasteiger partial charge in [-0.15, -0.1) is 0 Å². The summed E-state index contributed by atoms with van der Waals surface area (Å²) in [4.78, 5) is 24.9. The Kier molecular flexibility index (Phi) is 8.39. The second-order valence-corrected chi connectivity index (χ2v) is 10.2. The monoisotopic (exact) mass is 504 g/mol. The molecule has 2 atom stereocenters. The zero-order valence-electron chi connectivity index (χ0n) is 21.5. The first-order valence-corrected chi connectivity index (χ1v) is 13.4. The van der Waals surface area contributed by atoms with Crippen LogP contribution in [0.2, 0.25) is 0 Å². The summed E-state index contributed by atoms with van der Waals surface area (Å²) in [7, 11) is 0. The van der Waals surface area contributed by atoms with Gasteiger partial charge in [0.25, 0.3) is 0 Å². The van der Waals surface area contributed by atoms with Gasteiger partial charge in [0.2, 0.25) is 0 Å². The molecule has 1 fully saturated rings. The molecule has 0 unspecified atom stereocenters. The minimum Gasteiger partial charge on any atom is -0.299 e. The molecule has 1 aliphatic carbocycles. The van der Waals surface area contributed by atoms with E-state index < -0.39 is 0 Å². The van der Waals surface area contributed by atoms with Crippen LogP contribution in [0.25, 0.3) is 0 Å². The molecule has 0 bridgehead atoms. The first-order valence-electron chi connectivity index (χ1n) is 13.4. The molecule has 1 saturated carbocycles. The third-order valence-electron chi connectivity index (χ3n) is 7.24. The van der Waals surface area contributed by atoms with Crippen molar-refractivity contribution in [1.82, 2.24) is 20.4 Å². The Morgan fingerprint density at radius 2 is 1.00 bits per heavy atom. The maximum atomic E-state index is 12.4. The van der Waals surface area contributed by atoms with E-state index in [1.165, 1.54) is 0 Å². The molecule has 38 heavy (non-hydrogen) atoms. The summed E-state index contributed by atoms with van der Waals surface area (Å²) >= 11 is 0. The minimum absolute atomic E-state index is 0.139. The number of benzene rings is 2. The molecule has 0 amide bonds. The van der Waals surface area contributed by atoms with Gasteiger partial charge in [0.05, 0.1) is 35.6 Å². The van der Waals surface area contributed by atoms with Gasteiger partial charge >= 0.3 is 0 Å². The largest absolute Gasteiger partial charge is 0.299 e. The van der Waals surface area contributed by atoms with Crippen LogP contribution in [0.5, 0.6) is 0 Å². The van der Waals surface area contributed by atoms with Crippen molar-refractivity contribution in [2.45, 2.75) is 63.2 Å². The van der Waals surface area contributed by atoms with Gasteiger partial charge in [0.1, 0.15) is 11.6 Å². The third-order valence-corrected chi connectivity index (χ3v) is 7.24. The first kappa shape index (κ1) is 25.6. The van der Waals surface area contributed by atoms with Crippen LogP contribution in [0, 0.1) is 0 Å². The Labute approximate surface area is 223 Å². The van der Waals surface area contributed by atoms with Crippen LogP contribution in [0.1, 0.15) is 71.4 Å². The van der Waals surface area contributed by atoms with Crippen molar-refractivity contribution in [2.24, 2.45) is 0 Å². The molecule has 2 aromatic carbocycles. The van der Waals surface area contributed by atoms with Crippen LogP contribution in [-0.4, -0.2) is 32.0 Å². The van der Waals surface area contributed by atoms with Gasteiger partial charge in [-0.3, -0.25) is 9.59 Å². The van der Waals surface area contributed by atoms with Gasteiger partial charge in [-0.1, -0.05) is 67.1 Å². The lowest BCUT2D eigenvalue weighted by Gasteiger charge is -2.28. The molecule has 6 nitrogen and oxygen atoms in total. The molecule has 0 spiro atoms. The normalized spacial score (nSPS) is 17.2. The van der Waals surface area contributed by atoms with Crippen LogP contribution < -0.4 is 0 Å². The van der Waals surface area contributed by atoms with Crippen LogP contribution in [0.15, 0.2) is 84.9 Å². The number of hydrogen-bond donors (Lipinski definition) is 0. The Hall–Kier alpha value is -4.06. The number of ketones is 2. The first-order chi connectivity index (χ1) is 18.6. The van der Waals surface area contributed by atoms with E-state index in [0.717, 1.165) is 48.2 Å². The van der Waals surface area contributed by atoms with E-state index in [0.29, 0.717) is 48.9 Å². The molecule has 6 heteroatoms. The molecular formula is C32H32N4O2. The molecule has 2 aromatic heterocycles. The number of carbonyl (C=O) groups is 2. The number of aromatic nitrogens is 4. The average molecular weight is 505 g/mol. The Morgan fingerprint density at radius 3 is 1.39 bits per heavy atom. The summed E-state index contributed by atoms with van der Waals surface area (Å²) < 4.78 is 0. The van der Waals surface area contributed by atoms with E-state index >= 15 is 0 Å². The van der Waals surface area contributed by atoms with Crippen molar-refractivity contribution >= 4 is 11.6 Å². The fourth-order valence-corrected chi connectivity index (χ4v) is 5.27. The van der Waals surface area contributed by atoms with Crippen molar-refractivity contribution in [3.8, 4) is 0 Å². The van der Waals surface area contributed by atoms with Gasteiger partial charge in [-0.25, -0.2) is 0 Å². The van der Waals surface area contributed by atoms with Crippen LogP contribution in [0.3, 0.4) is 0 Å². The highest BCUT2D eigenvalue weighted by Gasteiger charge is 2.27. The van der Waals surface area contributed by atoms with E-state index in [1.54, 1.807) is 0 Å². The average Bonchev–Trinajstić information content (AvgIpc) is 2.95. The Bertz CT molecular complexity index is 1240. The minimum atomic E-state index is 0.139. The number of rotatable bonds is 10. The van der Waals surface area contributed by atoms with Crippen molar-refractivity contribution in [3.63, 3.8) is 0 Å². The Morgan fingerprint density at radius 1 is 0.553 bits per heavy atom. The van der Waals surface area contributed by atoms with Gasteiger partial charge in [0, 0.05) is 24.7 Å². The lowest BCUT2D eigenvalue weighted by atomic mass is 9.78. The van der Waals surface area contributed by atoms with Crippen LogP contribution in [-0.2, 0) is 35.3 Å². The van der Waals surface area contributed by atoms with Gasteiger partial charge in [-0.2, -0.15) is 20.4 Å². The predicted octanol–water partition coefficient (Wildman–Crippen LogP) is 5.42. The van der Waals surface area contributed by atoms with E-state index in [9.17, 15) is 9.59 Å². The van der Waals surface area contributed by atoms with Crippen molar-refractivity contribution in [1.29, 1.82) is 0 Å². The maximum absolute atomic E-state index is 12.4. The van der Waals surface area contributed by atoms with E-state index in [2.05, 4.69) is 20.4 Å². The van der Waals surface area contributed by atoms with Crippen molar-refractivity contribution in [2.75, 3.05) is 0 Å². The summed E-state index contributed by atoms with van der Waals surface area (Å²) in [5.41, 5.74) is 5.42. The standard InChI is InChI=1S/C32H32N4O2/c37-29(18-23-8-3-1-4-9-23)21-27-14-16-31(35-33-27)25-12-7-13-26(20-25)32-17-15-28(34-36-32)22-30(38)19-24-10-5-2-6-11-24/h1-6,8-11,14-17,25-26H,7,12-13,18-22H2/t25-,26-/m0/s1. The quantitative estimate of drug-likeness (QED) is 0.287. The third kappa shape index (κ3) is 7.03. The zero-order chi connectivity index (χ0) is 26.2. The molecule has 5 rings (SSSR count). The van der Waals surface area contributed by atoms with E-state index in [-0.39, 0.29) is 11.6 Å². The molecule has 0 radical (unpaired) electrons. The highest BCUT2D eigenvalue weighted by Crippen LogP contribution is 2.39. The molecule has 0 saturated heterocycles. The summed E-state index contributed by atoms with van der Waals surface area (Å²) in [6, 6.07) is 27.5. The smallest absolute Gasteiger partial charge is 0.143 e. The van der Waals surface area contributed by atoms with Crippen LogP contribution >= 0.6 is 0 Å². The highest BCUT2D eigenvalue weighted by molar-refractivity contribution is 5.83. The number of Topliss-reactive ketones (excluding diaryl/α,β-unsaturated/α-hetero) is 2. The zero-order valence-corrected chi connectivity index (χ0v) is 21.5. The van der Waals surface area contributed by atoms with Gasteiger partial charge in [-0.05, 0) is 54.7 Å². The van der Waals surface area contributed by atoms with Gasteiger partial charge < -0.3 is 0 Å². The lowest BCUT2D eigenvalue weighted by molar-refractivity contribution is -0.118.